The fraction of sp³-hybridized carbons (Fsp3) is 0.471. The Morgan fingerprint density at radius 2 is 1.95 bits per heavy atom. The van der Waals surface area contributed by atoms with Gasteiger partial charge in [-0.15, -0.1) is 0 Å². The van der Waals surface area contributed by atoms with Crippen LogP contribution in [0.3, 0.4) is 0 Å². The summed E-state index contributed by atoms with van der Waals surface area (Å²) >= 11 is 0. The minimum atomic E-state index is -0.200. The molecule has 1 aromatic carbocycles. The molecule has 22 heavy (non-hydrogen) atoms. The van der Waals surface area contributed by atoms with Gasteiger partial charge >= 0.3 is 0 Å². The predicted molar refractivity (Wildman–Crippen MR) is 87.8 cm³/mol. The number of aromatic nitrogens is 1. The van der Waals surface area contributed by atoms with Crippen molar-refractivity contribution in [3.8, 4) is 0 Å². The van der Waals surface area contributed by atoms with Crippen molar-refractivity contribution in [3.05, 3.63) is 30.2 Å². The number of nitrogens with zero attached hydrogens (tertiary/aromatic N) is 2. The van der Waals surface area contributed by atoms with E-state index in [4.69, 9.17) is 5.73 Å². The lowest BCUT2D eigenvalue weighted by Gasteiger charge is -2.32. The Kier molecular flexibility index (Phi) is 3.37. The first-order valence-corrected chi connectivity index (χ1v) is 8.06. The minimum absolute atomic E-state index is 0.200. The van der Waals surface area contributed by atoms with Crippen LogP contribution in [0.2, 0.25) is 0 Å². The number of halogens is 1. The number of nitrogens with one attached hydrogen (secondary N) is 1. The Morgan fingerprint density at radius 3 is 2.68 bits per heavy atom. The van der Waals surface area contributed by atoms with E-state index in [9.17, 15) is 4.39 Å². The number of anilines is 2. The summed E-state index contributed by atoms with van der Waals surface area (Å²) in [6, 6.07) is 6.04. The van der Waals surface area contributed by atoms with Crippen LogP contribution >= 0.6 is 0 Å². The van der Waals surface area contributed by atoms with E-state index >= 15 is 0 Å². The van der Waals surface area contributed by atoms with Gasteiger partial charge in [0.15, 0.2) is 0 Å². The van der Waals surface area contributed by atoms with Crippen LogP contribution in [-0.4, -0.2) is 30.2 Å². The highest BCUT2D eigenvalue weighted by atomic mass is 19.1. The van der Waals surface area contributed by atoms with E-state index in [1.807, 2.05) is 12.3 Å². The molecule has 0 unspecified atom stereocenters. The molecule has 1 saturated carbocycles. The number of fused-ring (bicyclic) bond motifs is 1. The van der Waals surface area contributed by atoms with Crippen LogP contribution in [0.5, 0.6) is 0 Å². The molecule has 0 spiro atoms. The number of piperidine rings is 1. The molecule has 0 amide bonds. The van der Waals surface area contributed by atoms with Crippen LogP contribution in [0, 0.1) is 5.82 Å². The maximum Gasteiger partial charge on any atom is 0.139 e. The van der Waals surface area contributed by atoms with Gasteiger partial charge in [0.05, 0.1) is 17.3 Å². The van der Waals surface area contributed by atoms with E-state index in [1.54, 1.807) is 6.07 Å². The fourth-order valence-corrected chi connectivity index (χ4v) is 3.15. The second kappa shape index (κ2) is 5.39. The molecule has 5 heteroatoms. The van der Waals surface area contributed by atoms with Crippen molar-refractivity contribution in [3.63, 3.8) is 0 Å². The molecule has 0 bridgehead atoms. The quantitative estimate of drug-likeness (QED) is 0.915. The molecule has 4 nitrogen and oxygen atoms in total. The summed E-state index contributed by atoms with van der Waals surface area (Å²) in [4.78, 5) is 6.74. The first kappa shape index (κ1) is 13.8. The third-order valence-corrected chi connectivity index (χ3v) is 4.62. The zero-order chi connectivity index (χ0) is 15.1. The Bertz CT molecular complexity index is 690. The van der Waals surface area contributed by atoms with Crippen LogP contribution in [0.15, 0.2) is 24.4 Å². The van der Waals surface area contributed by atoms with Gasteiger partial charge in [-0.3, -0.25) is 0 Å². The topological polar surface area (TPSA) is 54.2 Å². The van der Waals surface area contributed by atoms with E-state index in [0.717, 1.165) is 42.8 Å². The lowest BCUT2D eigenvalue weighted by molar-refractivity contribution is 0.499. The maximum atomic E-state index is 14.5. The molecule has 2 aliphatic rings. The summed E-state index contributed by atoms with van der Waals surface area (Å²) in [5, 5.41) is 5.01. The standard InChI is InChI=1S/C17H21FN4/c18-14-3-1-2-13-15(21-12-4-5-12)10-20-17(16(13)14)22-8-6-11(19)7-9-22/h1-3,10-12,21H,4-9,19H2. The van der Waals surface area contributed by atoms with Crippen molar-refractivity contribution in [1.29, 1.82) is 0 Å². The van der Waals surface area contributed by atoms with Crippen molar-refractivity contribution in [2.24, 2.45) is 5.73 Å². The predicted octanol–water partition coefficient (Wildman–Crippen LogP) is 2.88. The summed E-state index contributed by atoms with van der Waals surface area (Å²) in [5.74, 6) is 0.552. The number of benzene rings is 1. The third-order valence-electron chi connectivity index (χ3n) is 4.62. The summed E-state index contributed by atoms with van der Waals surface area (Å²) in [6.07, 6.45) is 6.08. The number of hydrogen-bond donors (Lipinski definition) is 2. The number of pyridine rings is 1. The average molecular weight is 300 g/mol. The molecule has 3 N–H and O–H groups in total. The van der Waals surface area contributed by atoms with Gasteiger partial charge in [0.25, 0.3) is 0 Å². The van der Waals surface area contributed by atoms with Crippen molar-refractivity contribution in [1.82, 2.24) is 4.98 Å². The Labute approximate surface area is 129 Å². The van der Waals surface area contributed by atoms with E-state index < -0.39 is 0 Å². The first-order chi connectivity index (χ1) is 10.7. The molecule has 1 aliphatic heterocycles. The zero-order valence-corrected chi connectivity index (χ0v) is 12.6. The van der Waals surface area contributed by atoms with Crippen molar-refractivity contribution >= 4 is 22.3 Å². The van der Waals surface area contributed by atoms with Crippen LogP contribution in [-0.2, 0) is 0 Å². The van der Waals surface area contributed by atoms with Crippen molar-refractivity contribution in [2.75, 3.05) is 23.3 Å². The van der Waals surface area contributed by atoms with Crippen LogP contribution in [0.1, 0.15) is 25.7 Å². The third kappa shape index (κ3) is 2.50. The average Bonchev–Trinajstić information content (AvgIpc) is 3.33. The highest BCUT2D eigenvalue weighted by molar-refractivity contribution is 6.00. The number of nitrogens with two attached hydrogens (primary N) is 1. The molecular formula is C17H21FN4. The van der Waals surface area contributed by atoms with Gasteiger partial charge in [-0.1, -0.05) is 12.1 Å². The van der Waals surface area contributed by atoms with Gasteiger partial charge < -0.3 is 16.0 Å². The molecule has 116 valence electrons. The molecule has 2 heterocycles. The molecule has 1 aromatic heterocycles. The summed E-state index contributed by atoms with van der Waals surface area (Å²) in [5.41, 5.74) is 6.91. The number of hydrogen-bond acceptors (Lipinski definition) is 4. The van der Waals surface area contributed by atoms with Crippen molar-refractivity contribution in [2.45, 2.75) is 37.8 Å². The van der Waals surface area contributed by atoms with Gasteiger partial charge in [0.2, 0.25) is 0 Å². The smallest absolute Gasteiger partial charge is 0.139 e. The summed E-state index contributed by atoms with van der Waals surface area (Å²) in [7, 11) is 0. The largest absolute Gasteiger partial charge is 0.381 e. The molecule has 4 rings (SSSR count). The molecule has 0 atom stereocenters. The second-order valence-corrected chi connectivity index (χ2v) is 6.40. The van der Waals surface area contributed by atoms with E-state index in [0.29, 0.717) is 11.4 Å². The minimum Gasteiger partial charge on any atom is -0.381 e. The van der Waals surface area contributed by atoms with Crippen LogP contribution in [0.25, 0.3) is 10.8 Å². The van der Waals surface area contributed by atoms with Gasteiger partial charge in [-0.05, 0) is 31.7 Å². The Hall–Kier alpha value is -1.88. The van der Waals surface area contributed by atoms with Gasteiger partial charge in [-0.25, -0.2) is 9.37 Å². The monoisotopic (exact) mass is 300 g/mol. The lowest BCUT2D eigenvalue weighted by Crippen LogP contribution is -2.40. The van der Waals surface area contributed by atoms with Gasteiger partial charge in [0.1, 0.15) is 11.6 Å². The first-order valence-electron chi connectivity index (χ1n) is 8.06. The normalized spacial score (nSPS) is 19.6. The lowest BCUT2D eigenvalue weighted by atomic mass is 10.0. The molecular weight excluding hydrogens is 279 g/mol. The summed E-state index contributed by atoms with van der Waals surface area (Å²) in [6.45, 7) is 1.68. The molecule has 1 saturated heterocycles. The summed E-state index contributed by atoms with van der Waals surface area (Å²) < 4.78 is 14.5. The van der Waals surface area contributed by atoms with E-state index in [-0.39, 0.29) is 11.9 Å². The van der Waals surface area contributed by atoms with Gasteiger partial charge in [-0.2, -0.15) is 0 Å². The highest BCUT2D eigenvalue weighted by Gasteiger charge is 2.24. The Balaban J connectivity index is 1.78. The van der Waals surface area contributed by atoms with Crippen LogP contribution in [0.4, 0.5) is 15.9 Å². The fourth-order valence-electron chi connectivity index (χ4n) is 3.15. The molecule has 2 fully saturated rings. The van der Waals surface area contributed by atoms with E-state index in [2.05, 4.69) is 15.2 Å². The molecule has 2 aromatic rings. The van der Waals surface area contributed by atoms with Crippen LogP contribution < -0.4 is 16.0 Å². The van der Waals surface area contributed by atoms with E-state index in [1.165, 1.54) is 18.9 Å². The molecule has 0 radical (unpaired) electrons. The SMILES string of the molecule is NC1CCN(c2ncc(NC3CC3)c3cccc(F)c23)CC1. The number of rotatable bonds is 3. The highest BCUT2D eigenvalue weighted by Crippen LogP contribution is 2.35. The zero-order valence-electron chi connectivity index (χ0n) is 12.6. The molecule has 1 aliphatic carbocycles. The van der Waals surface area contributed by atoms with Gasteiger partial charge in [0, 0.05) is 30.6 Å². The van der Waals surface area contributed by atoms with Crippen molar-refractivity contribution < 1.29 is 4.39 Å². The Morgan fingerprint density at radius 1 is 1.18 bits per heavy atom. The second-order valence-electron chi connectivity index (χ2n) is 6.40. The maximum absolute atomic E-state index is 14.5.